The molecular formula is C13H10Br3NO2S. The highest BCUT2D eigenvalue weighted by molar-refractivity contribution is 9.11. The van der Waals surface area contributed by atoms with E-state index in [0.717, 1.165) is 5.56 Å². The van der Waals surface area contributed by atoms with Crippen LogP contribution < -0.4 is 4.72 Å². The minimum absolute atomic E-state index is 0.181. The first-order chi connectivity index (χ1) is 9.29. The van der Waals surface area contributed by atoms with E-state index in [0.29, 0.717) is 19.1 Å². The Hall–Kier alpha value is -0.370. The Morgan fingerprint density at radius 1 is 0.950 bits per heavy atom. The molecule has 0 bridgehead atoms. The van der Waals surface area contributed by atoms with Crippen LogP contribution in [0.25, 0.3) is 0 Å². The first kappa shape index (κ1) is 16.0. The Morgan fingerprint density at radius 3 is 2.30 bits per heavy atom. The molecule has 7 heteroatoms. The smallest absolute Gasteiger partial charge is 0.263 e. The van der Waals surface area contributed by atoms with E-state index in [-0.39, 0.29) is 4.90 Å². The monoisotopic (exact) mass is 481 g/mol. The molecule has 0 saturated carbocycles. The number of hydrogen-bond acceptors (Lipinski definition) is 2. The first-order valence-corrected chi connectivity index (χ1v) is 9.40. The predicted octanol–water partition coefficient (Wildman–Crippen LogP) is 5.08. The standard InChI is InChI=1S/C13H10Br3NO2S/c1-8-2-4-10(15)12(6-8)17-20(18,19)13-7-9(14)3-5-11(13)16/h2-7,17H,1H3. The van der Waals surface area contributed by atoms with Crippen LogP contribution in [0.5, 0.6) is 0 Å². The van der Waals surface area contributed by atoms with Gasteiger partial charge in [-0.3, -0.25) is 4.72 Å². The molecule has 3 nitrogen and oxygen atoms in total. The minimum atomic E-state index is -3.66. The quantitative estimate of drug-likeness (QED) is 0.661. The van der Waals surface area contributed by atoms with Crippen molar-refractivity contribution in [2.75, 3.05) is 4.72 Å². The van der Waals surface area contributed by atoms with Crippen molar-refractivity contribution in [2.45, 2.75) is 11.8 Å². The van der Waals surface area contributed by atoms with Crippen LogP contribution in [0.15, 0.2) is 54.7 Å². The molecule has 2 aromatic rings. The number of hydrogen-bond donors (Lipinski definition) is 1. The molecule has 0 heterocycles. The number of benzene rings is 2. The molecule has 20 heavy (non-hydrogen) atoms. The fourth-order valence-corrected chi connectivity index (χ4v) is 4.65. The Labute approximate surface area is 143 Å². The third-order valence-corrected chi connectivity index (χ3v) is 6.09. The van der Waals surface area contributed by atoms with Gasteiger partial charge in [0.15, 0.2) is 0 Å². The lowest BCUT2D eigenvalue weighted by atomic mass is 10.2. The van der Waals surface area contributed by atoms with Crippen molar-refractivity contribution in [1.82, 2.24) is 0 Å². The summed E-state index contributed by atoms with van der Waals surface area (Å²) in [6, 6.07) is 10.5. The fraction of sp³-hybridized carbons (Fsp3) is 0.0769. The van der Waals surface area contributed by atoms with Crippen LogP contribution in [-0.2, 0) is 10.0 Å². The summed E-state index contributed by atoms with van der Waals surface area (Å²) in [7, 11) is -3.66. The van der Waals surface area contributed by atoms with Crippen molar-refractivity contribution in [3.8, 4) is 0 Å². The Balaban J connectivity index is 2.46. The number of halogens is 3. The first-order valence-electron chi connectivity index (χ1n) is 5.53. The van der Waals surface area contributed by atoms with Gasteiger partial charge >= 0.3 is 0 Å². The third-order valence-electron chi connectivity index (χ3n) is 2.55. The molecule has 0 aliphatic heterocycles. The Kier molecular flexibility index (Phi) is 4.94. The van der Waals surface area contributed by atoms with Crippen LogP contribution >= 0.6 is 47.8 Å². The van der Waals surface area contributed by atoms with Crippen molar-refractivity contribution < 1.29 is 8.42 Å². The third kappa shape index (κ3) is 3.63. The average molecular weight is 484 g/mol. The molecule has 0 aliphatic carbocycles. The lowest BCUT2D eigenvalue weighted by Crippen LogP contribution is -2.14. The van der Waals surface area contributed by atoms with Crippen LogP contribution in [0.2, 0.25) is 0 Å². The lowest BCUT2D eigenvalue weighted by molar-refractivity contribution is 0.600. The van der Waals surface area contributed by atoms with Crippen molar-refractivity contribution in [2.24, 2.45) is 0 Å². The van der Waals surface area contributed by atoms with Crippen LogP contribution in [-0.4, -0.2) is 8.42 Å². The molecule has 0 atom stereocenters. The van der Waals surface area contributed by atoms with Gasteiger partial charge in [-0.15, -0.1) is 0 Å². The summed E-state index contributed by atoms with van der Waals surface area (Å²) in [4.78, 5) is 0.181. The molecule has 0 fully saturated rings. The van der Waals surface area contributed by atoms with Gasteiger partial charge in [-0.2, -0.15) is 0 Å². The van der Waals surface area contributed by atoms with Crippen LogP contribution in [0.1, 0.15) is 5.56 Å². The number of nitrogens with one attached hydrogen (secondary N) is 1. The van der Waals surface area contributed by atoms with Gasteiger partial charge in [-0.05, 0) is 74.7 Å². The van der Waals surface area contributed by atoms with Crippen LogP contribution in [0.4, 0.5) is 5.69 Å². The van der Waals surface area contributed by atoms with Gasteiger partial charge in [0.25, 0.3) is 10.0 Å². The van der Waals surface area contributed by atoms with Gasteiger partial charge in [0.1, 0.15) is 4.90 Å². The highest BCUT2D eigenvalue weighted by Gasteiger charge is 2.19. The van der Waals surface area contributed by atoms with Crippen molar-refractivity contribution in [1.29, 1.82) is 0 Å². The van der Waals surface area contributed by atoms with Crippen LogP contribution in [0.3, 0.4) is 0 Å². The lowest BCUT2D eigenvalue weighted by Gasteiger charge is -2.12. The summed E-state index contributed by atoms with van der Waals surface area (Å²) >= 11 is 9.88. The average Bonchev–Trinajstić information content (AvgIpc) is 2.36. The number of anilines is 1. The largest absolute Gasteiger partial charge is 0.278 e. The molecule has 1 N–H and O–H groups in total. The van der Waals surface area contributed by atoms with Crippen molar-refractivity contribution in [3.05, 3.63) is 55.4 Å². The topological polar surface area (TPSA) is 46.2 Å². The van der Waals surface area contributed by atoms with Crippen molar-refractivity contribution in [3.63, 3.8) is 0 Å². The molecule has 0 amide bonds. The second kappa shape index (κ2) is 6.17. The molecule has 0 saturated heterocycles. The summed E-state index contributed by atoms with van der Waals surface area (Å²) < 4.78 is 29.4. The summed E-state index contributed by atoms with van der Waals surface area (Å²) in [5.74, 6) is 0. The summed E-state index contributed by atoms with van der Waals surface area (Å²) in [6.45, 7) is 1.90. The fourth-order valence-electron chi connectivity index (χ4n) is 1.60. The second-order valence-electron chi connectivity index (χ2n) is 4.16. The van der Waals surface area contributed by atoms with E-state index in [1.54, 1.807) is 24.3 Å². The van der Waals surface area contributed by atoms with E-state index in [4.69, 9.17) is 0 Å². The highest BCUT2D eigenvalue weighted by atomic mass is 79.9. The molecule has 0 radical (unpaired) electrons. The molecule has 0 aromatic heterocycles. The van der Waals surface area contributed by atoms with E-state index in [1.807, 2.05) is 19.1 Å². The molecular weight excluding hydrogens is 474 g/mol. The van der Waals surface area contributed by atoms with Gasteiger partial charge in [-0.25, -0.2) is 8.42 Å². The maximum atomic E-state index is 12.5. The van der Waals surface area contributed by atoms with Gasteiger partial charge in [0, 0.05) is 13.4 Å². The van der Waals surface area contributed by atoms with Gasteiger partial charge in [0.2, 0.25) is 0 Å². The molecule has 106 valence electrons. The number of rotatable bonds is 3. The number of sulfonamides is 1. The zero-order valence-corrected chi connectivity index (χ0v) is 15.9. The summed E-state index contributed by atoms with van der Waals surface area (Å²) in [5.41, 5.74) is 1.48. The molecule has 2 aromatic carbocycles. The SMILES string of the molecule is Cc1ccc(Br)c(NS(=O)(=O)c2cc(Br)ccc2Br)c1. The molecule has 2 rings (SSSR count). The van der Waals surface area contributed by atoms with Gasteiger partial charge in [0.05, 0.1) is 5.69 Å². The minimum Gasteiger partial charge on any atom is -0.278 e. The Bertz CT molecular complexity index is 760. The van der Waals surface area contributed by atoms with E-state index >= 15 is 0 Å². The van der Waals surface area contributed by atoms with E-state index in [9.17, 15) is 8.42 Å². The van der Waals surface area contributed by atoms with E-state index < -0.39 is 10.0 Å². The van der Waals surface area contributed by atoms with Gasteiger partial charge < -0.3 is 0 Å². The molecule has 0 unspecified atom stereocenters. The Morgan fingerprint density at radius 2 is 1.60 bits per heavy atom. The summed E-state index contributed by atoms with van der Waals surface area (Å²) in [5, 5.41) is 0. The zero-order chi connectivity index (χ0) is 14.9. The van der Waals surface area contributed by atoms with E-state index in [1.165, 1.54) is 0 Å². The summed E-state index contributed by atoms with van der Waals surface area (Å²) in [6.07, 6.45) is 0. The maximum absolute atomic E-state index is 12.5. The van der Waals surface area contributed by atoms with Crippen molar-refractivity contribution >= 4 is 63.5 Å². The predicted molar refractivity (Wildman–Crippen MR) is 91.5 cm³/mol. The number of aryl methyl sites for hydroxylation is 1. The van der Waals surface area contributed by atoms with E-state index in [2.05, 4.69) is 52.5 Å². The normalized spacial score (nSPS) is 11.4. The maximum Gasteiger partial charge on any atom is 0.263 e. The molecule has 0 spiro atoms. The second-order valence-corrected chi connectivity index (χ2v) is 8.44. The highest BCUT2D eigenvalue weighted by Crippen LogP contribution is 2.30. The zero-order valence-electron chi connectivity index (χ0n) is 10.3. The molecule has 0 aliphatic rings. The van der Waals surface area contributed by atoms with Gasteiger partial charge in [-0.1, -0.05) is 22.0 Å². The van der Waals surface area contributed by atoms with Crippen LogP contribution in [0, 0.1) is 6.92 Å².